The summed E-state index contributed by atoms with van der Waals surface area (Å²) in [6, 6.07) is 10.0. The lowest BCUT2D eigenvalue weighted by Crippen LogP contribution is -2.18. The standard InChI is InChI=1S/C11H11NO2S/c13-11(12-14)10-7-6-9(15-10)8-4-2-1-3-5-8/h1-5,7,9,14H,6H2,(H,12,13). The number of hydroxylamine groups is 1. The fraction of sp³-hybridized carbons (Fsp3) is 0.182. The molecule has 0 fully saturated rings. The Balaban J connectivity index is 2.05. The van der Waals surface area contributed by atoms with Crippen LogP contribution >= 0.6 is 11.8 Å². The van der Waals surface area contributed by atoms with Crippen molar-refractivity contribution in [3.63, 3.8) is 0 Å². The van der Waals surface area contributed by atoms with Crippen LogP contribution in [-0.2, 0) is 4.79 Å². The molecular weight excluding hydrogens is 210 g/mol. The molecule has 0 saturated heterocycles. The molecule has 1 aliphatic rings. The Morgan fingerprint density at radius 3 is 2.80 bits per heavy atom. The van der Waals surface area contributed by atoms with Crippen LogP contribution in [0.25, 0.3) is 0 Å². The van der Waals surface area contributed by atoms with Gasteiger partial charge in [0.25, 0.3) is 5.91 Å². The highest BCUT2D eigenvalue weighted by Crippen LogP contribution is 2.43. The third-order valence-electron chi connectivity index (χ3n) is 2.28. The van der Waals surface area contributed by atoms with Gasteiger partial charge in [-0.1, -0.05) is 36.4 Å². The highest BCUT2D eigenvalue weighted by molar-refractivity contribution is 8.04. The van der Waals surface area contributed by atoms with Crippen LogP contribution in [0.5, 0.6) is 0 Å². The Bertz CT molecular complexity index is 389. The number of nitrogens with one attached hydrogen (secondary N) is 1. The van der Waals surface area contributed by atoms with Crippen molar-refractivity contribution < 1.29 is 10.0 Å². The minimum atomic E-state index is -0.418. The van der Waals surface area contributed by atoms with E-state index in [0.717, 1.165) is 6.42 Å². The van der Waals surface area contributed by atoms with Gasteiger partial charge in [0, 0.05) is 5.25 Å². The van der Waals surface area contributed by atoms with Gasteiger partial charge in [-0.3, -0.25) is 10.0 Å². The summed E-state index contributed by atoms with van der Waals surface area (Å²) >= 11 is 1.49. The normalized spacial score (nSPS) is 19.8. The van der Waals surface area contributed by atoms with Crippen LogP contribution < -0.4 is 5.48 Å². The summed E-state index contributed by atoms with van der Waals surface area (Å²) in [5.41, 5.74) is 2.86. The summed E-state index contributed by atoms with van der Waals surface area (Å²) in [7, 11) is 0. The number of rotatable bonds is 2. The number of carbonyl (C=O) groups excluding carboxylic acids is 1. The molecule has 1 atom stereocenters. The Morgan fingerprint density at radius 1 is 1.40 bits per heavy atom. The van der Waals surface area contributed by atoms with Gasteiger partial charge in [0.05, 0.1) is 4.91 Å². The highest BCUT2D eigenvalue weighted by Gasteiger charge is 2.23. The summed E-state index contributed by atoms with van der Waals surface area (Å²) in [4.78, 5) is 11.7. The molecular formula is C11H11NO2S. The Hall–Kier alpha value is -1.26. The summed E-state index contributed by atoms with van der Waals surface area (Å²) in [6.07, 6.45) is 2.69. The van der Waals surface area contributed by atoms with Gasteiger partial charge in [-0.25, -0.2) is 5.48 Å². The number of carbonyl (C=O) groups is 1. The van der Waals surface area contributed by atoms with Gasteiger partial charge in [0.1, 0.15) is 0 Å². The lowest BCUT2D eigenvalue weighted by atomic mass is 10.1. The van der Waals surface area contributed by atoms with Gasteiger partial charge in [0.2, 0.25) is 0 Å². The number of thioether (sulfide) groups is 1. The molecule has 1 unspecified atom stereocenters. The van der Waals surface area contributed by atoms with Gasteiger partial charge in [-0.15, -0.1) is 11.8 Å². The van der Waals surface area contributed by atoms with Gasteiger partial charge in [0.15, 0.2) is 0 Å². The van der Waals surface area contributed by atoms with Crippen LogP contribution in [0.4, 0.5) is 0 Å². The lowest BCUT2D eigenvalue weighted by Gasteiger charge is -2.09. The van der Waals surface area contributed by atoms with E-state index in [1.165, 1.54) is 17.3 Å². The lowest BCUT2D eigenvalue weighted by molar-refractivity contribution is -0.124. The van der Waals surface area contributed by atoms with Crippen molar-refractivity contribution in [3.05, 3.63) is 46.9 Å². The number of amides is 1. The Kier molecular flexibility index (Phi) is 3.08. The summed E-state index contributed by atoms with van der Waals surface area (Å²) < 4.78 is 0. The molecule has 2 N–H and O–H groups in total. The minimum Gasteiger partial charge on any atom is -0.288 e. The van der Waals surface area contributed by atoms with Crippen molar-refractivity contribution in [3.8, 4) is 0 Å². The number of hydrogen-bond acceptors (Lipinski definition) is 3. The van der Waals surface area contributed by atoms with Crippen LogP contribution in [0.1, 0.15) is 17.2 Å². The van der Waals surface area contributed by atoms with Crippen molar-refractivity contribution >= 4 is 17.7 Å². The van der Waals surface area contributed by atoms with Crippen molar-refractivity contribution in [2.24, 2.45) is 0 Å². The SMILES string of the molecule is O=C(NO)C1=CCC(c2ccccc2)S1. The first kappa shape index (κ1) is 10.3. The van der Waals surface area contributed by atoms with Gasteiger partial charge < -0.3 is 0 Å². The molecule has 0 aliphatic carbocycles. The number of benzene rings is 1. The maximum absolute atomic E-state index is 11.1. The zero-order chi connectivity index (χ0) is 10.7. The molecule has 1 aliphatic heterocycles. The maximum atomic E-state index is 11.1. The van der Waals surface area contributed by atoms with E-state index in [1.54, 1.807) is 5.48 Å². The van der Waals surface area contributed by atoms with E-state index in [4.69, 9.17) is 5.21 Å². The van der Waals surface area contributed by atoms with Crippen molar-refractivity contribution in [1.29, 1.82) is 0 Å². The van der Waals surface area contributed by atoms with E-state index in [-0.39, 0.29) is 0 Å². The van der Waals surface area contributed by atoms with E-state index >= 15 is 0 Å². The minimum absolute atomic E-state index is 0.290. The zero-order valence-electron chi connectivity index (χ0n) is 8.01. The van der Waals surface area contributed by atoms with Crippen molar-refractivity contribution in [2.75, 3.05) is 0 Å². The van der Waals surface area contributed by atoms with E-state index in [1.807, 2.05) is 36.4 Å². The predicted octanol–water partition coefficient (Wildman–Crippen LogP) is 2.25. The van der Waals surface area contributed by atoms with Gasteiger partial charge in [-0.05, 0) is 12.0 Å². The third-order valence-corrected chi connectivity index (χ3v) is 3.64. The second kappa shape index (κ2) is 4.51. The molecule has 0 saturated carbocycles. The van der Waals surface area contributed by atoms with Gasteiger partial charge >= 0.3 is 0 Å². The molecule has 0 radical (unpaired) electrons. The topological polar surface area (TPSA) is 49.3 Å². The molecule has 1 aromatic carbocycles. The monoisotopic (exact) mass is 221 g/mol. The quantitative estimate of drug-likeness (QED) is 0.595. The van der Waals surface area contributed by atoms with Crippen LogP contribution in [0, 0.1) is 0 Å². The molecule has 3 nitrogen and oxygen atoms in total. The van der Waals surface area contributed by atoms with Crippen LogP contribution in [0.2, 0.25) is 0 Å². The first-order chi connectivity index (χ1) is 7.31. The van der Waals surface area contributed by atoms with Crippen molar-refractivity contribution in [2.45, 2.75) is 11.7 Å². The summed E-state index contributed by atoms with van der Waals surface area (Å²) in [5.74, 6) is -0.418. The number of hydrogen-bond donors (Lipinski definition) is 2. The van der Waals surface area contributed by atoms with E-state index < -0.39 is 5.91 Å². The smallest absolute Gasteiger partial charge is 0.280 e. The molecule has 4 heteroatoms. The fourth-order valence-corrected chi connectivity index (χ4v) is 2.67. The van der Waals surface area contributed by atoms with Gasteiger partial charge in [-0.2, -0.15) is 0 Å². The molecule has 1 amide bonds. The second-order valence-electron chi connectivity index (χ2n) is 3.26. The van der Waals surface area contributed by atoms with Crippen molar-refractivity contribution in [1.82, 2.24) is 5.48 Å². The first-order valence-electron chi connectivity index (χ1n) is 4.67. The molecule has 2 rings (SSSR count). The average molecular weight is 221 g/mol. The Labute approximate surface area is 92.1 Å². The molecule has 1 heterocycles. The van der Waals surface area contributed by atoms with E-state index in [0.29, 0.717) is 10.2 Å². The molecule has 0 aromatic heterocycles. The predicted molar refractivity (Wildman–Crippen MR) is 59.4 cm³/mol. The molecule has 78 valence electrons. The molecule has 1 aromatic rings. The third kappa shape index (κ3) is 2.22. The van der Waals surface area contributed by atoms with Crippen LogP contribution in [0.3, 0.4) is 0 Å². The number of allylic oxidation sites excluding steroid dienone is 1. The maximum Gasteiger partial charge on any atom is 0.280 e. The zero-order valence-corrected chi connectivity index (χ0v) is 8.83. The average Bonchev–Trinajstić information content (AvgIpc) is 2.78. The summed E-state index contributed by atoms with van der Waals surface area (Å²) in [5, 5.41) is 8.79. The first-order valence-corrected chi connectivity index (χ1v) is 5.55. The van der Waals surface area contributed by atoms with E-state index in [2.05, 4.69) is 0 Å². The van der Waals surface area contributed by atoms with Crippen LogP contribution in [-0.4, -0.2) is 11.1 Å². The van der Waals surface area contributed by atoms with E-state index in [9.17, 15) is 4.79 Å². The largest absolute Gasteiger partial charge is 0.288 e. The second-order valence-corrected chi connectivity index (χ2v) is 4.51. The molecule has 0 bridgehead atoms. The fourth-order valence-electron chi connectivity index (χ4n) is 1.54. The molecule has 0 spiro atoms. The Morgan fingerprint density at radius 2 is 2.13 bits per heavy atom. The summed E-state index contributed by atoms with van der Waals surface area (Å²) in [6.45, 7) is 0. The van der Waals surface area contributed by atoms with Crippen LogP contribution in [0.15, 0.2) is 41.3 Å². The molecule has 15 heavy (non-hydrogen) atoms. The highest BCUT2D eigenvalue weighted by atomic mass is 32.2.